The standard InChI is InChI=1S/C10H15N3/c1-10(2,3)13-6-8(11)7-4-5-12-9(7)13/h4-6,12H,11H2,1-3H3. The molecule has 13 heavy (non-hydrogen) atoms. The van der Waals surface area contributed by atoms with E-state index in [1.165, 1.54) is 0 Å². The number of nitrogens with one attached hydrogen (secondary N) is 1. The van der Waals surface area contributed by atoms with Crippen LogP contribution < -0.4 is 5.73 Å². The Kier molecular flexibility index (Phi) is 1.46. The molecule has 2 rings (SSSR count). The first kappa shape index (κ1) is 8.23. The van der Waals surface area contributed by atoms with Gasteiger partial charge in [-0.3, -0.25) is 0 Å². The smallest absolute Gasteiger partial charge is 0.120 e. The van der Waals surface area contributed by atoms with E-state index < -0.39 is 0 Å². The van der Waals surface area contributed by atoms with Crippen LogP contribution in [0.5, 0.6) is 0 Å². The molecule has 2 aromatic heterocycles. The summed E-state index contributed by atoms with van der Waals surface area (Å²) in [5, 5.41) is 1.11. The van der Waals surface area contributed by atoms with Crippen LogP contribution in [0.25, 0.3) is 11.0 Å². The molecule has 0 spiro atoms. The lowest BCUT2D eigenvalue weighted by Crippen LogP contribution is -2.20. The number of aromatic nitrogens is 2. The molecular formula is C10H15N3. The number of nitrogen functional groups attached to an aromatic ring is 1. The maximum Gasteiger partial charge on any atom is 0.120 e. The van der Waals surface area contributed by atoms with Crippen LogP contribution in [0, 0.1) is 0 Å². The highest BCUT2D eigenvalue weighted by Gasteiger charge is 2.17. The topological polar surface area (TPSA) is 46.7 Å². The number of hydrogen-bond acceptors (Lipinski definition) is 1. The quantitative estimate of drug-likeness (QED) is 0.637. The predicted octanol–water partition coefficient (Wildman–Crippen LogP) is 2.31. The Balaban J connectivity index is 2.76. The Labute approximate surface area is 77.5 Å². The fourth-order valence-corrected chi connectivity index (χ4v) is 1.60. The Bertz CT molecular complexity index is 428. The molecule has 0 bridgehead atoms. The zero-order valence-corrected chi connectivity index (χ0v) is 8.26. The second kappa shape index (κ2) is 2.31. The summed E-state index contributed by atoms with van der Waals surface area (Å²) in [6.07, 6.45) is 3.91. The normalized spacial score (nSPS) is 12.5. The predicted molar refractivity (Wildman–Crippen MR) is 55.7 cm³/mol. The van der Waals surface area contributed by atoms with Crippen LogP contribution in [-0.2, 0) is 5.54 Å². The maximum atomic E-state index is 5.88. The second-order valence-electron chi connectivity index (χ2n) is 4.37. The Morgan fingerprint density at radius 3 is 2.69 bits per heavy atom. The first-order chi connectivity index (χ1) is 6.00. The molecule has 2 aromatic rings. The van der Waals surface area contributed by atoms with Crippen LogP contribution in [0.4, 0.5) is 5.69 Å². The molecule has 0 radical (unpaired) electrons. The molecule has 0 atom stereocenters. The summed E-state index contributed by atoms with van der Waals surface area (Å²) in [7, 11) is 0. The van der Waals surface area contributed by atoms with Gasteiger partial charge in [0.1, 0.15) is 5.65 Å². The van der Waals surface area contributed by atoms with E-state index in [-0.39, 0.29) is 5.54 Å². The van der Waals surface area contributed by atoms with Crippen molar-refractivity contribution >= 4 is 16.7 Å². The van der Waals surface area contributed by atoms with Crippen molar-refractivity contribution in [1.29, 1.82) is 0 Å². The molecule has 2 heterocycles. The third-order valence-electron chi connectivity index (χ3n) is 2.27. The third-order valence-corrected chi connectivity index (χ3v) is 2.27. The number of H-pyrrole nitrogens is 1. The zero-order chi connectivity index (χ0) is 9.64. The number of aromatic amines is 1. The Morgan fingerprint density at radius 2 is 2.08 bits per heavy atom. The largest absolute Gasteiger partial charge is 0.397 e. The molecule has 0 fully saturated rings. The van der Waals surface area contributed by atoms with Crippen molar-refractivity contribution in [2.75, 3.05) is 5.73 Å². The molecule has 70 valence electrons. The third kappa shape index (κ3) is 1.11. The molecule has 3 N–H and O–H groups in total. The zero-order valence-electron chi connectivity index (χ0n) is 8.26. The maximum absolute atomic E-state index is 5.88. The van der Waals surface area contributed by atoms with Crippen molar-refractivity contribution < 1.29 is 0 Å². The summed E-state index contributed by atoms with van der Waals surface area (Å²) in [4.78, 5) is 3.20. The monoisotopic (exact) mass is 177 g/mol. The molecule has 0 saturated carbocycles. The first-order valence-electron chi connectivity index (χ1n) is 4.44. The second-order valence-corrected chi connectivity index (χ2v) is 4.37. The van der Waals surface area contributed by atoms with E-state index in [9.17, 15) is 0 Å². The van der Waals surface area contributed by atoms with Crippen molar-refractivity contribution in [3.63, 3.8) is 0 Å². The van der Waals surface area contributed by atoms with Crippen LogP contribution >= 0.6 is 0 Å². The summed E-state index contributed by atoms with van der Waals surface area (Å²) in [6.45, 7) is 6.48. The van der Waals surface area contributed by atoms with Crippen LogP contribution in [0.3, 0.4) is 0 Å². The van der Waals surface area contributed by atoms with Crippen LogP contribution in [0.15, 0.2) is 18.5 Å². The van der Waals surface area contributed by atoms with Gasteiger partial charge in [0.15, 0.2) is 0 Å². The average Bonchev–Trinajstić information content (AvgIpc) is 2.51. The molecule has 3 nitrogen and oxygen atoms in total. The van der Waals surface area contributed by atoms with Crippen LogP contribution in [0.2, 0.25) is 0 Å². The SMILES string of the molecule is CC(C)(C)n1cc(N)c2cc[nH]c21. The molecule has 3 heteroatoms. The highest BCUT2D eigenvalue weighted by molar-refractivity contribution is 5.90. The van der Waals surface area contributed by atoms with Crippen LogP contribution in [0.1, 0.15) is 20.8 Å². The molecule has 0 amide bonds. The van der Waals surface area contributed by atoms with E-state index in [2.05, 4.69) is 30.3 Å². The van der Waals surface area contributed by atoms with E-state index in [0.717, 1.165) is 16.7 Å². The van der Waals surface area contributed by atoms with E-state index in [0.29, 0.717) is 0 Å². The van der Waals surface area contributed by atoms with Gasteiger partial charge in [0.25, 0.3) is 0 Å². The number of rotatable bonds is 0. The molecule has 0 aliphatic rings. The summed E-state index contributed by atoms with van der Waals surface area (Å²) in [6, 6.07) is 2.01. The number of anilines is 1. The molecular weight excluding hydrogens is 162 g/mol. The highest BCUT2D eigenvalue weighted by Crippen LogP contribution is 2.27. The summed E-state index contributed by atoms with van der Waals surface area (Å²) in [5.41, 5.74) is 7.89. The summed E-state index contributed by atoms with van der Waals surface area (Å²) < 4.78 is 2.16. The number of nitrogens with two attached hydrogens (primary N) is 1. The van der Waals surface area contributed by atoms with Gasteiger partial charge in [0.2, 0.25) is 0 Å². The van der Waals surface area contributed by atoms with Crippen molar-refractivity contribution in [3.05, 3.63) is 18.5 Å². The Hall–Kier alpha value is -1.38. The molecule has 0 aliphatic carbocycles. The van der Waals surface area contributed by atoms with Crippen molar-refractivity contribution in [2.45, 2.75) is 26.3 Å². The van der Waals surface area contributed by atoms with Gasteiger partial charge in [-0.05, 0) is 26.8 Å². The van der Waals surface area contributed by atoms with Crippen molar-refractivity contribution in [3.8, 4) is 0 Å². The Morgan fingerprint density at radius 1 is 1.38 bits per heavy atom. The van der Waals surface area contributed by atoms with E-state index in [4.69, 9.17) is 5.73 Å². The molecule has 0 aliphatic heterocycles. The molecule has 0 saturated heterocycles. The lowest BCUT2D eigenvalue weighted by molar-refractivity contribution is 0.409. The lowest BCUT2D eigenvalue weighted by Gasteiger charge is -2.21. The van der Waals surface area contributed by atoms with Gasteiger partial charge in [-0.2, -0.15) is 0 Å². The molecule has 0 aromatic carbocycles. The highest BCUT2D eigenvalue weighted by atomic mass is 15.1. The minimum Gasteiger partial charge on any atom is -0.397 e. The van der Waals surface area contributed by atoms with Crippen molar-refractivity contribution in [2.24, 2.45) is 0 Å². The first-order valence-corrected chi connectivity index (χ1v) is 4.44. The van der Waals surface area contributed by atoms with Gasteiger partial charge in [-0.1, -0.05) is 0 Å². The average molecular weight is 177 g/mol. The summed E-state index contributed by atoms with van der Waals surface area (Å²) in [5.74, 6) is 0. The van der Waals surface area contributed by atoms with Gasteiger partial charge < -0.3 is 15.3 Å². The van der Waals surface area contributed by atoms with Crippen molar-refractivity contribution in [1.82, 2.24) is 9.55 Å². The lowest BCUT2D eigenvalue weighted by atomic mass is 10.1. The minimum atomic E-state index is 0.0702. The number of nitrogens with zero attached hydrogens (tertiary/aromatic N) is 1. The molecule has 0 unspecified atom stereocenters. The fraction of sp³-hybridized carbons (Fsp3) is 0.400. The van der Waals surface area contributed by atoms with E-state index >= 15 is 0 Å². The fourth-order valence-electron chi connectivity index (χ4n) is 1.60. The minimum absolute atomic E-state index is 0.0702. The van der Waals surface area contributed by atoms with E-state index in [1.807, 2.05) is 18.5 Å². The van der Waals surface area contributed by atoms with Gasteiger partial charge >= 0.3 is 0 Å². The van der Waals surface area contributed by atoms with Crippen LogP contribution in [-0.4, -0.2) is 9.55 Å². The number of fused-ring (bicyclic) bond motifs is 1. The van der Waals surface area contributed by atoms with Gasteiger partial charge in [0.05, 0.1) is 5.69 Å². The number of hydrogen-bond donors (Lipinski definition) is 2. The van der Waals surface area contributed by atoms with Gasteiger partial charge in [-0.25, -0.2) is 0 Å². The summed E-state index contributed by atoms with van der Waals surface area (Å²) >= 11 is 0. The van der Waals surface area contributed by atoms with E-state index in [1.54, 1.807) is 0 Å². The van der Waals surface area contributed by atoms with Gasteiger partial charge in [0, 0.05) is 23.3 Å². The van der Waals surface area contributed by atoms with Gasteiger partial charge in [-0.15, -0.1) is 0 Å².